The van der Waals surface area contributed by atoms with E-state index >= 15 is 0 Å². The highest BCUT2D eigenvalue weighted by molar-refractivity contribution is 7.99. The van der Waals surface area contributed by atoms with Gasteiger partial charge in [-0.1, -0.05) is 12.8 Å². The molecular formula is C21H37N5OS2. The van der Waals surface area contributed by atoms with Gasteiger partial charge in [-0.15, -0.1) is 11.3 Å². The number of aliphatic imine (C=N–C) groups is 1. The van der Waals surface area contributed by atoms with Crippen molar-refractivity contribution in [1.82, 2.24) is 20.1 Å². The molecule has 1 saturated carbocycles. The van der Waals surface area contributed by atoms with Crippen LogP contribution in [0.4, 0.5) is 0 Å². The first-order valence-electron chi connectivity index (χ1n) is 10.9. The molecule has 164 valence electrons. The summed E-state index contributed by atoms with van der Waals surface area (Å²) < 4.78 is 5.40. The summed E-state index contributed by atoms with van der Waals surface area (Å²) >= 11 is 3.76. The summed E-state index contributed by atoms with van der Waals surface area (Å²) in [6.45, 7) is 9.13. The number of thiazole rings is 1. The quantitative estimate of drug-likeness (QED) is 0.493. The summed E-state index contributed by atoms with van der Waals surface area (Å²) in [5.74, 6) is 3.51. The lowest BCUT2D eigenvalue weighted by Crippen LogP contribution is -2.53. The van der Waals surface area contributed by atoms with Crippen LogP contribution in [0.15, 0.2) is 10.4 Å². The Morgan fingerprint density at radius 3 is 2.76 bits per heavy atom. The topological polar surface area (TPSA) is 53.0 Å². The number of guanidine groups is 1. The zero-order chi connectivity index (χ0) is 20.7. The van der Waals surface area contributed by atoms with Crippen LogP contribution in [0, 0.1) is 0 Å². The Morgan fingerprint density at radius 1 is 1.38 bits per heavy atom. The molecule has 2 heterocycles. The number of nitrogens with one attached hydrogen (secondary N) is 1. The Balaban J connectivity index is 1.68. The number of thioether (sulfide) groups is 1. The first kappa shape index (κ1) is 22.8. The molecule has 0 aromatic carbocycles. The highest BCUT2D eigenvalue weighted by atomic mass is 32.2. The zero-order valence-corrected chi connectivity index (χ0v) is 20.1. The van der Waals surface area contributed by atoms with Crippen molar-refractivity contribution in [1.29, 1.82) is 0 Å². The Bertz CT molecular complexity index is 653. The van der Waals surface area contributed by atoms with Crippen molar-refractivity contribution in [2.45, 2.75) is 57.7 Å². The molecule has 1 aliphatic carbocycles. The number of ether oxygens (including phenoxy) is 1. The molecule has 3 rings (SSSR count). The number of hydrogen-bond donors (Lipinski definition) is 1. The maximum Gasteiger partial charge on any atom is 0.194 e. The zero-order valence-electron chi connectivity index (χ0n) is 18.4. The average Bonchev–Trinajstić information content (AvgIpc) is 3.41. The van der Waals surface area contributed by atoms with E-state index in [1.54, 1.807) is 18.4 Å². The molecule has 1 N–H and O–H groups in total. The Morgan fingerprint density at radius 2 is 2.10 bits per heavy atom. The lowest BCUT2D eigenvalue weighted by molar-refractivity contribution is 0.112. The third-order valence-electron chi connectivity index (χ3n) is 6.11. The van der Waals surface area contributed by atoms with Gasteiger partial charge >= 0.3 is 0 Å². The molecule has 2 fully saturated rings. The van der Waals surface area contributed by atoms with Gasteiger partial charge in [-0.2, -0.15) is 11.8 Å². The number of methoxy groups -OCH3 is 1. The van der Waals surface area contributed by atoms with Gasteiger partial charge in [-0.3, -0.25) is 9.89 Å². The molecule has 1 aromatic heterocycles. The van der Waals surface area contributed by atoms with Gasteiger partial charge in [0.05, 0.1) is 18.8 Å². The molecule has 1 atom stereocenters. The minimum Gasteiger partial charge on any atom is -0.375 e. The highest BCUT2D eigenvalue weighted by Gasteiger charge is 2.40. The maximum atomic E-state index is 5.40. The van der Waals surface area contributed by atoms with Crippen molar-refractivity contribution in [2.75, 3.05) is 51.8 Å². The third-order valence-corrected chi connectivity index (χ3v) is 8.10. The van der Waals surface area contributed by atoms with E-state index in [1.165, 1.54) is 50.3 Å². The van der Waals surface area contributed by atoms with Gasteiger partial charge in [-0.25, -0.2) is 4.98 Å². The SMILES string of the molecule is CCNC(=NCC1(N2CCSCC2)CCCC1)N(C)Cc1csc(C(C)OC)n1. The first-order valence-corrected chi connectivity index (χ1v) is 12.9. The van der Waals surface area contributed by atoms with Crippen LogP contribution in [-0.2, 0) is 11.3 Å². The molecule has 1 saturated heterocycles. The van der Waals surface area contributed by atoms with E-state index in [-0.39, 0.29) is 11.6 Å². The fraction of sp³-hybridized carbons (Fsp3) is 0.810. The lowest BCUT2D eigenvalue weighted by Gasteiger charge is -2.42. The molecule has 2 aliphatic rings. The summed E-state index contributed by atoms with van der Waals surface area (Å²) in [7, 11) is 3.84. The van der Waals surface area contributed by atoms with Crippen molar-refractivity contribution in [2.24, 2.45) is 4.99 Å². The van der Waals surface area contributed by atoms with Gasteiger partial charge < -0.3 is 15.0 Å². The summed E-state index contributed by atoms with van der Waals surface area (Å²) in [6.07, 6.45) is 5.30. The van der Waals surface area contributed by atoms with Crippen molar-refractivity contribution in [3.63, 3.8) is 0 Å². The first-order chi connectivity index (χ1) is 14.1. The molecule has 6 nitrogen and oxygen atoms in total. The largest absolute Gasteiger partial charge is 0.375 e. The predicted octanol–water partition coefficient (Wildman–Crippen LogP) is 3.61. The minimum atomic E-state index is 0.0471. The van der Waals surface area contributed by atoms with E-state index in [0.717, 1.165) is 36.3 Å². The maximum absolute atomic E-state index is 5.40. The van der Waals surface area contributed by atoms with Crippen LogP contribution >= 0.6 is 23.1 Å². The highest BCUT2D eigenvalue weighted by Crippen LogP contribution is 2.37. The second-order valence-electron chi connectivity index (χ2n) is 8.11. The fourth-order valence-electron chi connectivity index (χ4n) is 4.34. The van der Waals surface area contributed by atoms with Crippen molar-refractivity contribution < 1.29 is 4.74 Å². The molecule has 0 radical (unpaired) electrons. The third kappa shape index (κ3) is 5.87. The molecular weight excluding hydrogens is 402 g/mol. The van der Waals surface area contributed by atoms with E-state index in [0.29, 0.717) is 0 Å². The summed E-state index contributed by atoms with van der Waals surface area (Å²) in [5.41, 5.74) is 1.34. The molecule has 1 aliphatic heterocycles. The molecule has 0 bridgehead atoms. The van der Waals surface area contributed by atoms with Crippen LogP contribution in [0.5, 0.6) is 0 Å². The van der Waals surface area contributed by atoms with Gasteiger partial charge in [-0.05, 0) is 26.7 Å². The van der Waals surface area contributed by atoms with Crippen LogP contribution < -0.4 is 5.32 Å². The molecule has 29 heavy (non-hydrogen) atoms. The van der Waals surface area contributed by atoms with Crippen LogP contribution in [0.3, 0.4) is 0 Å². The van der Waals surface area contributed by atoms with Crippen molar-refractivity contribution >= 4 is 29.1 Å². The van der Waals surface area contributed by atoms with Crippen LogP contribution in [0.1, 0.15) is 56.3 Å². The normalized spacial score (nSPS) is 21.3. The number of aromatic nitrogens is 1. The van der Waals surface area contributed by atoms with Crippen LogP contribution in [-0.4, -0.2) is 78.1 Å². The molecule has 1 unspecified atom stereocenters. The Kier molecular flexibility index (Phi) is 8.65. The Labute approximate surface area is 184 Å². The van der Waals surface area contributed by atoms with Gasteiger partial charge in [0.15, 0.2) is 5.96 Å². The standard InChI is InChI=1S/C21H37N5OS2/c1-5-22-20(25(3)14-18-15-29-19(24-18)17(2)27-4)23-16-21(8-6-7-9-21)26-10-12-28-13-11-26/h15,17H,5-14,16H2,1-4H3,(H,22,23). The van der Waals surface area contributed by atoms with Gasteiger partial charge in [0.25, 0.3) is 0 Å². The predicted molar refractivity (Wildman–Crippen MR) is 125 cm³/mol. The second-order valence-corrected chi connectivity index (χ2v) is 10.2. The molecule has 0 amide bonds. The van der Waals surface area contributed by atoms with Gasteiger partial charge in [0.2, 0.25) is 0 Å². The number of rotatable bonds is 8. The smallest absolute Gasteiger partial charge is 0.194 e. The van der Waals surface area contributed by atoms with Crippen LogP contribution in [0.25, 0.3) is 0 Å². The number of nitrogens with zero attached hydrogens (tertiary/aromatic N) is 4. The number of hydrogen-bond acceptors (Lipinski definition) is 6. The molecule has 1 aromatic rings. The summed E-state index contributed by atoms with van der Waals surface area (Å²) in [6, 6.07) is 0. The lowest BCUT2D eigenvalue weighted by atomic mass is 9.95. The summed E-state index contributed by atoms with van der Waals surface area (Å²) in [5, 5.41) is 6.66. The van der Waals surface area contributed by atoms with Crippen molar-refractivity contribution in [3.8, 4) is 0 Å². The van der Waals surface area contributed by atoms with E-state index < -0.39 is 0 Å². The van der Waals surface area contributed by atoms with Gasteiger partial charge in [0.1, 0.15) is 11.1 Å². The van der Waals surface area contributed by atoms with E-state index in [4.69, 9.17) is 14.7 Å². The van der Waals surface area contributed by atoms with E-state index in [9.17, 15) is 0 Å². The summed E-state index contributed by atoms with van der Waals surface area (Å²) in [4.78, 5) is 14.8. The minimum absolute atomic E-state index is 0.0471. The van der Waals surface area contributed by atoms with Gasteiger partial charge in [0, 0.05) is 56.2 Å². The Hall–Kier alpha value is -0.830. The monoisotopic (exact) mass is 439 g/mol. The van der Waals surface area contributed by atoms with Crippen molar-refractivity contribution in [3.05, 3.63) is 16.1 Å². The van der Waals surface area contributed by atoms with E-state index in [1.807, 2.05) is 6.92 Å². The second kappa shape index (κ2) is 11.0. The van der Waals surface area contributed by atoms with Crippen LogP contribution in [0.2, 0.25) is 0 Å². The molecule has 0 spiro atoms. The van der Waals surface area contributed by atoms with E-state index in [2.05, 4.69) is 46.2 Å². The molecule has 8 heteroatoms. The average molecular weight is 440 g/mol. The fourth-order valence-corrected chi connectivity index (χ4v) is 6.08.